The van der Waals surface area contributed by atoms with Crippen LogP contribution in [0.5, 0.6) is 0 Å². The fourth-order valence-corrected chi connectivity index (χ4v) is 2.08. The van der Waals surface area contributed by atoms with Crippen molar-refractivity contribution in [1.82, 2.24) is 0 Å². The number of furan rings is 1. The van der Waals surface area contributed by atoms with Crippen LogP contribution in [0.15, 0.2) is 28.7 Å². The Balaban J connectivity index is 2.18. The Labute approximate surface area is 125 Å². The van der Waals surface area contributed by atoms with E-state index < -0.39 is 24.1 Å². The highest BCUT2D eigenvalue weighted by atomic mass is 16.5. The summed E-state index contributed by atoms with van der Waals surface area (Å²) in [6.45, 7) is 1.84. The molecule has 0 aliphatic heterocycles. The molecule has 0 aliphatic rings. The highest BCUT2D eigenvalue weighted by molar-refractivity contribution is 5.91. The molecule has 2 aromatic rings. The van der Waals surface area contributed by atoms with Crippen LogP contribution in [0.2, 0.25) is 0 Å². The summed E-state index contributed by atoms with van der Waals surface area (Å²) in [6.07, 6.45) is -2.95. The number of fused-ring (bicyclic) bond motifs is 1. The van der Waals surface area contributed by atoms with Gasteiger partial charge in [-0.05, 0) is 30.7 Å². The number of carbonyl (C=O) groups is 2. The third-order valence-corrected chi connectivity index (χ3v) is 3.14. The van der Waals surface area contributed by atoms with Gasteiger partial charge in [0.05, 0.1) is 19.1 Å². The lowest BCUT2D eigenvalue weighted by Gasteiger charge is -2.17. The van der Waals surface area contributed by atoms with Gasteiger partial charge in [-0.15, -0.1) is 0 Å². The number of carboxylic acid groups (broad SMARTS) is 1. The quantitative estimate of drug-likeness (QED) is 0.692. The van der Waals surface area contributed by atoms with E-state index in [1.165, 1.54) is 24.3 Å². The number of hydrogen-bond donors (Lipinski definition) is 3. The summed E-state index contributed by atoms with van der Waals surface area (Å²) >= 11 is 0. The average Bonchev–Trinajstić information content (AvgIpc) is 2.89. The molecule has 0 radical (unpaired) electrons. The van der Waals surface area contributed by atoms with Gasteiger partial charge in [0.25, 0.3) is 0 Å². The van der Waals surface area contributed by atoms with Gasteiger partial charge in [-0.1, -0.05) is 6.07 Å². The molecule has 22 heavy (non-hydrogen) atoms. The smallest absolute Gasteiger partial charge is 0.371 e. The van der Waals surface area contributed by atoms with Crippen LogP contribution >= 0.6 is 0 Å². The van der Waals surface area contributed by atoms with Crippen molar-refractivity contribution in [2.24, 2.45) is 0 Å². The van der Waals surface area contributed by atoms with Gasteiger partial charge in [0.2, 0.25) is 5.76 Å². The van der Waals surface area contributed by atoms with Gasteiger partial charge in [-0.2, -0.15) is 0 Å². The van der Waals surface area contributed by atoms with Gasteiger partial charge in [0.1, 0.15) is 11.7 Å². The highest BCUT2D eigenvalue weighted by Gasteiger charge is 2.23. The number of benzene rings is 1. The average molecular weight is 308 g/mol. The first kappa shape index (κ1) is 16.0. The van der Waals surface area contributed by atoms with E-state index in [2.05, 4.69) is 0 Å². The molecule has 7 heteroatoms. The van der Waals surface area contributed by atoms with E-state index in [1.807, 2.05) is 0 Å². The molecule has 0 saturated heterocycles. The third-order valence-electron chi connectivity index (χ3n) is 3.14. The maximum atomic E-state index is 11.3. The molecular formula is C15H16O7. The molecule has 7 nitrogen and oxygen atoms in total. The molecule has 2 rings (SSSR count). The second kappa shape index (κ2) is 6.59. The number of aromatic carboxylic acids is 1. The number of carbonyl (C=O) groups excluding carboxylic acids is 1. The Morgan fingerprint density at radius 2 is 2.00 bits per heavy atom. The van der Waals surface area contributed by atoms with Crippen LogP contribution in [0.4, 0.5) is 0 Å². The van der Waals surface area contributed by atoms with E-state index in [0.29, 0.717) is 16.5 Å². The SMILES string of the molecule is CCOC(=O)CC(O)C(O)c1ccc2oc(C(=O)O)cc2c1. The molecule has 0 amide bonds. The summed E-state index contributed by atoms with van der Waals surface area (Å²) in [4.78, 5) is 22.2. The summed E-state index contributed by atoms with van der Waals surface area (Å²) in [5.74, 6) is -2.01. The number of rotatable bonds is 6. The zero-order valence-electron chi connectivity index (χ0n) is 11.9. The molecule has 2 unspecified atom stereocenters. The van der Waals surface area contributed by atoms with Crippen molar-refractivity contribution in [3.05, 3.63) is 35.6 Å². The van der Waals surface area contributed by atoms with E-state index in [-0.39, 0.29) is 18.8 Å². The van der Waals surface area contributed by atoms with Crippen LogP contribution in [-0.4, -0.2) is 40.0 Å². The normalized spacial score (nSPS) is 13.8. The van der Waals surface area contributed by atoms with E-state index in [9.17, 15) is 19.8 Å². The van der Waals surface area contributed by atoms with Gasteiger partial charge in [0, 0.05) is 5.39 Å². The largest absolute Gasteiger partial charge is 0.475 e. The standard InChI is InChI=1S/C15H16O7/c1-2-21-13(17)7-10(16)14(18)8-3-4-11-9(5-8)6-12(22-11)15(19)20/h3-6,10,14,16,18H,2,7H2,1H3,(H,19,20). The summed E-state index contributed by atoms with van der Waals surface area (Å²) in [7, 11) is 0. The maximum Gasteiger partial charge on any atom is 0.371 e. The molecule has 0 fully saturated rings. The van der Waals surface area contributed by atoms with Crippen LogP contribution in [-0.2, 0) is 9.53 Å². The lowest BCUT2D eigenvalue weighted by molar-refractivity contribution is -0.147. The Kier molecular flexibility index (Phi) is 4.79. The lowest BCUT2D eigenvalue weighted by atomic mass is 10.0. The van der Waals surface area contributed by atoms with Crippen molar-refractivity contribution in [2.75, 3.05) is 6.61 Å². The summed E-state index contributed by atoms with van der Waals surface area (Å²) in [5.41, 5.74) is 0.704. The Bertz CT molecular complexity index is 688. The Hall–Kier alpha value is -2.38. The van der Waals surface area contributed by atoms with Crippen LogP contribution < -0.4 is 0 Å². The first-order valence-corrected chi connectivity index (χ1v) is 6.71. The van der Waals surface area contributed by atoms with Crippen molar-refractivity contribution in [3.63, 3.8) is 0 Å². The van der Waals surface area contributed by atoms with E-state index >= 15 is 0 Å². The molecule has 0 bridgehead atoms. The predicted molar refractivity (Wildman–Crippen MR) is 75.4 cm³/mol. The minimum atomic E-state index is -1.32. The van der Waals surface area contributed by atoms with Crippen LogP contribution in [0.3, 0.4) is 0 Å². The number of aliphatic hydroxyl groups is 2. The second-order valence-electron chi connectivity index (χ2n) is 4.73. The van der Waals surface area contributed by atoms with Crippen LogP contribution in [0.25, 0.3) is 11.0 Å². The van der Waals surface area contributed by atoms with Gasteiger partial charge in [-0.25, -0.2) is 4.79 Å². The fourth-order valence-electron chi connectivity index (χ4n) is 2.08. The number of hydrogen-bond acceptors (Lipinski definition) is 6. The zero-order valence-corrected chi connectivity index (χ0v) is 11.9. The molecule has 2 atom stereocenters. The fraction of sp³-hybridized carbons (Fsp3) is 0.333. The number of carboxylic acids is 1. The van der Waals surface area contributed by atoms with Gasteiger partial charge < -0.3 is 24.5 Å². The molecule has 118 valence electrons. The molecule has 0 spiro atoms. The molecule has 0 saturated carbocycles. The first-order valence-electron chi connectivity index (χ1n) is 6.71. The highest BCUT2D eigenvalue weighted by Crippen LogP contribution is 2.26. The number of ether oxygens (including phenoxy) is 1. The number of aliphatic hydroxyl groups excluding tert-OH is 2. The van der Waals surface area contributed by atoms with Crippen LogP contribution in [0, 0.1) is 0 Å². The minimum Gasteiger partial charge on any atom is -0.475 e. The second-order valence-corrected chi connectivity index (χ2v) is 4.73. The zero-order chi connectivity index (χ0) is 16.3. The molecule has 1 aromatic carbocycles. The van der Waals surface area contributed by atoms with E-state index in [0.717, 1.165) is 0 Å². The topological polar surface area (TPSA) is 117 Å². The monoisotopic (exact) mass is 308 g/mol. The summed E-state index contributed by atoms with van der Waals surface area (Å²) in [5, 5.41) is 29.3. The van der Waals surface area contributed by atoms with Gasteiger partial charge in [-0.3, -0.25) is 4.79 Å². The van der Waals surface area contributed by atoms with Crippen molar-refractivity contribution in [2.45, 2.75) is 25.6 Å². The molecule has 3 N–H and O–H groups in total. The Morgan fingerprint density at radius 3 is 2.64 bits per heavy atom. The minimum absolute atomic E-state index is 0.195. The van der Waals surface area contributed by atoms with E-state index in [4.69, 9.17) is 14.3 Å². The van der Waals surface area contributed by atoms with Crippen molar-refractivity contribution in [1.29, 1.82) is 0 Å². The molecular weight excluding hydrogens is 292 g/mol. The first-order chi connectivity index (χ1) is 10.4. The number of esters is 1. The molecule has 0 aliphatic carbocycles. The predicted octanol–water partition coefficient (Wildman–Crippen LogP) is 1.48. The van der Waals surface area contributed by atoms with Crippen molar-refractivity contribution in [3.8, 4) is 0 Å². The van der Waals surface area contributed by atoms with Crippen molar-refractivity contribution >= 4 is 22.9 Å². The maximum absolute atomic E-state index is 11.3. The van der Waals surface area contributed by atoms with Crippen LogP contribution in [0.1, 0.15) is 35.6 Å². The van der Waals surface area contributed by atoms with E-state index in [1.54, 1.807) is 6.92 Å². The summed E-state index contributed by atoms with van der Waals surface area (Å²) < 4.78 is 9.81. The van der Waals surface area contributed by atoms with Gasteiger partial charge >= 0.3 is 11.9 Å². The Morgan fingerprint density at radius 1 is 1.27 bits per heavy atom. The lowest BCUT2D eigenvalue weighted by Crippen LogP contribution is -2.23. The molecule has 1 heterocycles. The van der Waals surface area contributed by atoms with Crippen molar-refractivity contribution < 1.29 is 34.1 Å². The molecule has 1 aromatic heterocycles. The van der Waals surface area contributed by atoms with Gasteiger partial charge in [0.15, 0.2) is 0 Å². The summed E-state index contributed by atoms with van der Waals surface area (Å²) in [6, 6.07) is 5.82. The third kappa shape index (κ3) is 3.44.